The van der Waals surface area contributed by atoms with E-state index in [0.717, 1.165) is 0 Å². The Kier molecular flexibility index (Phi) is 7.25. The summed E-state index contributed by atoms with van der Waals surface area (Å²) in [7, 11) is 1.47. The molecule has 4 rings (SSSR count). The minimum Gasteiger partial charge on any atom is -0.507 e. The summed E-state index contributed by atoms with van der Waals surface area (Å²) in [5, 5.41) is 11.5. The minimum atomic E-state index is -0.905. The molecule has 1 atom stereocenters. The molecule has 3 heterocycles. The second-order valence-electron chi connectivity index (χ2n) is 8.22. The third-order valence-corrected chi connectivity index (χ3v) is 6.59. The van der Waals surface area contributed by atoms with Crippen LogP contribution in [0.2, 0.25) is 5.02 Å². The molecule has 0 aliphatic carbocycles. The number of rotatable bonds is 5. The first-order valence-corrected chi connectivity index (χ1v) is 11.7. The van der Waals surface area contributed by atoms with Gasteiger partial charge in [-0.05, 0) is 50.1 Å². The first kappa shape index (κ1) is 24.5. The lowest BCUT2D eigenvalue weighted by atomic mass is 9.96. The first-order chi connectivity index (χ1) is 16.9. The number of ether oxygens (including phenoxy) is 2. The van der Waals surface area contributed by atoms with Crippen LogP contribution in [0, 0.1) is 0 Å². The molecule has 0 radical (unpaired) electrons. The molecule has 2 aromatic rings. The van der Waals surface area contributed by atoms with E-state index in [1.54, 1.807) is 48.4 Å². The number of hydrogen-bond donors (Lipinski definition) is 1. The summed E-state index contributed by atoms with van der Waals surface area (Å²) in [6.45, 7) is 2.78. The van der Waals surface area contributed by atoms with Crippen molar-refractivity contribution in [3.63, 3.8) is 0 Å². The number of aromatic nitrogens is 1. The number of amides is 2. The Balaban J connectivity index is 1.75. The van der Waals surface area contributed by atoms with Crippen molar-refractivity contribution in [2.75, 3.05) is 26.8 Å². The molecule has 9 nitrogen and oxygen atoms in total. The van der Waals surface area contributed by atoms with E-state index in [4.69, 9.17) is 21.1 Å². The Morgan fingerprint density at radius 2 is 1.94 bits per heavy atom. The van der Waals surface area contributed by atoms with Gasteiger partial charge in [0.2, 0.25) is 0 Å². The highest BCUT2D eigenvalue weighted by Gasteiger charge is 2.50. The van der Waals surface area contributed by atoms with Crippen LogP contribution >= 0.6 is 11.6 Å². The number of nitrogens with zero attached hydrogens (tertiary/aromatic N) is 3. The summed E-state index contributed by atoms with van der Waals surface area (Å²) in [6.07, 6.45) is 2.07. The van der Waals surface area contributed by atoms with Gasteiger partial charge in [-0.3, -0.25) is 14.6 Å². The molecule has 0 spiro atoms. The molecular formula is C25H26ClN3O6. The zero-order valence-corrected chi connectivity index (χ0v) is 20.2. The topological polar surface area (TPSA) is 109 Å². The second kappa shape index (κ2) is 10.4. The Hall–Kier alpha value is -3.59. The van der Waals surface area contributed by atoms with Crippen molar-refractivity contribution in [2.45, 2.75) is 31.8 Å². The highest BCUT2D eigenvalue weighted by molar-refractivity contribution is 6.47. The smallest absolute Gasteiger partial charge is 0.409 e. The Bertz CT molecular complexity index is 1160. The first-order valence-electron chi connectivity index (χ1n) is 11.3. The normalized spacial score (nSPS) is 20.3. The number of piperidine rings is 1. The van der Waals surface area contributed by atoms with E-state index in [1.807, 2.05) is 0 Å². The van der Waals surface area contributed by atoms with Crippen molar-refractivity contribution in [3.8, 4) is 5.75 Å². The quantitative estimate of drug-likeness (QED) is 0.378. The van der Waals surface area contributed by atoms with Gasteiger partial charge in [-0.15, -0.1) is 0 Å². The van der Waals surface area contributed by atoms with Crippen LogP contribution in [0.3, 0.4) is 0 Å². The molecule has 1 N–H and O–H groups in total. The van der Waals surface area contributed by atoms with Crippen molar-refractivity contribution in [3.05, 3.63) is 64.4 Å². The maximum absolute atomic E-state index is 13.3. The molecular weight excluding hydrogens is 474 g/mol. The average molecular weight is 500 g/mol. The van der Waals surface area contributed by atoms with Crippen molar-refractivity contribution in [1.29, 1.82) is 0 Å². The van der Waals surface area contributed by atoms with Crippen molar-refractivity contribution in [2.24, 2.45) is 0 Å². The van der Waals surface area contributed by atoms with Crippen LogP contribution in [0.1, 0.15) is 37.1 Å². The van der Waals surface area contributed by atoms with Gasteiger partial charge in [0.1, 0.15) is 17.6 Å². The maximum atomic E-state index is 13.3. The second-order valence-corrected chi connectivity index (χ2v) is 8.63. The van der Waals surface area contributed by atoms with Gasteiger partial charge in [0.25, 0.3) is 11.7 Å². The number of benzene rings is 1. The van der Waals surface area contributed by atoms with E-state index >= 15 is 0 Å². The predicted octanol–water partition coefficient (Wildman–Crippen LogP) is 3.79. The molecule has 1 aromatic carbocycles. The highest BCUT2D eigenvalue weighted by Crippen LogP contribution is 2.42. The highest BCUT2D eigenvalue weighted by atomic mass is 35.5. The van der Waals surface area contributed by atoms with Crippen LogP contribution in [0.25, 0.3) is 5.76 Å². The van der Waals surface area contributed by atoms with Gasteiger partial charge < -0.3 is 24.4 Å². The van der Waals surface area contributed by atoms with Crippen LogP contribution in [-0.2, 0) is 14.3 Å². The fourth-order valence-electron chi connectivity index (χ4n) is 4.55. The molecule has 2 saturated heterocycles. The number of aliphatic hydroxyl groups excluding tert-OH is 1. The fraction of sp³-hybridized carbons (Fsp3) is 0.360. The predicted molar refractivity (Wildman–Crippen MR) is 128 cm³/mol. The molecule has 2 fully saturated rings. The van der Waals surface area contributed by atoms with Crippen LogP contribution in [0.4, 0.5) is 4.79 Å². The largest absolute Gasteiger partial charge is 0.507 e. The summed E-state index contributed by atoms with van der Waals surface area (Å²) in [4.78, 5) is 46.1. The lowest BCUT2D eigenvalue weighted by Gasteiger charge is -2.38. The number of carbonyl (C=O) groups excluding carboxylic acids is 3. The number of methoxy groups -OCH3 is 1. The van der Waals surface area contributed by atoms with Crippen molar-refractivity contribution < 1.29 is 29.0 Å². The zero-order valence-electron chi connectivity index (χ0n) is 19.4. The molecule has 184 valence electrons. The number of halogens is 1. The van der Waals surface area contributed by atoms with Crippen LogP contribution in [-0.4, -0.2) is 70.5 Å². The van der Waals surface area contributed by atoms with Gasteiger partial charge >= 0.3 is 6.09 Å². The molecule has 0 bridgehead atoms. The molecule has 1 unspecified atom stereocenters. The third-order valence-electron chi connectivity index (χ3n) is 6.26. The molecule has 1 aromatic heterocycles. The van der Waals surface area contributed by atoms with E-state index < -0.39 is 29.6 Å². The lowest BCUT2D eigenvalue weighted by Crippen LogP contribution is -2.48. The number of hydrogen-bond acceptors (Lipinski definition) is 7. The average Bonchev–Trinajstić information content (AvgIpc) is 3.15. The number of aliphatic hydroxyl groups is 1. The minimum absolute atomic E-state index is 0.0864. The Labute approximate surface area is 207 Å². The van der Waals surface area contributed by atoms with Crippen LogP contribution < -0.4 is 4.74 Å². The van der Waals surface area contributed by atoms with Gasteiger partial charge in [-0.2, -0.15) is 0 Å². The standard InChI is InChI=1S/C25H26ClN3O6/c1-3-35-25(33)28-12-9-15(10-13-28)29-21(19-6-4-5-11-27-19)20(23(31)24(29)32)22(30)17-14-16(34-2)7-8-18(17)26/h4-8,11,14-15,21,30H,3,9-10,12-13H2,1-2H3/b22-20+. The summed E-state index contributed by atoms with van der Waals surface area (Å²) in [5.41, 5.74) is 0.541. The zero-order chi connectivity index (χ0) is 25.1. The van der Waals surface area contributed by atoms with Gasteiger partial charge in [0.05, 0.1) is 30.0 Å². The van der Waals surface area contributed by atoms with Crippen molar-refractivity contribution >= 4 is 35.1 Å². The van der Waals surface area contributed by atoms with Gasteiger partial charge in [0.15, 0.2) is 0 Å². The molecule has 35 heavy (non-hydrogen) atoms. The molecule has 10 heteroatoms. The summed E-state index contributed by atoms with van der Waals surface area (Å²) < 4.78 is 10.3. The number of likely N-dealkylation sites (tertiary alicyclic amines) is 2. The Morgan fingerprint density at radius 1 is 1.20 bits per heavy atom. The van der Waals surface area contributed by atoms with E-state index in [-0.39, 0.29) is 28.8 Å². The lowest BCUT2D eigenvalue weighted by molar-refractivity contribution is -0.142. The number of ketones is 1. The molecule has 2 aliphatic rings. The summed E-state index contributed by atoms with van der Waals surface area (Å²) in [5.74, 6) is -1.50. The third kappa shape index (κ3) is 4.68. The van der Waals surface area contributed by atoms with E-state index in [9.17, 15) is 19.5 Å². The van der Waals surface area contributed by atoms with E-state index in [2.05, 4.69) is 4.98 Å². The summed E-state index contributed by atoms with van der Waals surface area (Å²) >= 11 is 6.34. The Morgan fingerprint density at radius 3 is 2.57 bits per heavy atom. The number of pyridine rings is 1. The monoisotopic (exact) mass is 499 g/mol. The van der Waals surface area contributed by atoms with Gasteiger partial charge in [0, 0.05) is 30.9 Å². The van der Waals surface area contributed by atoms with E-state index in [1.165, 1.54) is 18.1 Å². The number of Topliss-reactive ketones (excluding diaryl/α,β-unsaturated/α-hetero) is 1. The number of carbonyl (C=O) groups is 3. The summed E-state index contributed by atoms with van der Waals surface area (Å²) in [6, 6.07) is 8.64. The fourth-order valence-corrected chi connectivity index (χ4v) is 4.76. The molecule has 0 saturated carbocycles. The maximum Gasteiger partial charge on any atom is 0.409 e. The van der Waals surface area contributed by atoms with Crippen molar-refractivity contribution in [1.82, 2.24) is 14.8 Å². The van der Waals surface area contributed by atoms with Crippen LogP contribution in [0.5, 0.6) is 5.75 Å². The van der Waals surface area contributed by atoms with Gasteiger partial charge in [-0.25, -0.2) is 4.79 Å². The van der Waals surface area contributed by atoms with E-state index in [0.29, 0.717) is 37.4 Å². The van der Waals surface area contributed by atoms with Crippen LogP contribution in [0.15, 0.2) is 48.2 Å². The SMILES string of the molecule is CCOC(=O)N1CCC(N2C(=O)C(=O)/C(=C(/O)c3cc(OC)ccc3Cl)C2c2ccccn2)CC1. The molecule has 2 amide bonds. The van der Waals surface area contributed by atoms with Gasteiger partial charge in [-0.1, -0.05) is 17.7 Å². The molecule has 2 aliphatic heterocycles.